The molecule has 0 saturated carbocycles. The quantitative estimate of drug-likeness (QED) is 0.637. The molecule has 18 heavy (non-hydrogen) atoms. The van der Waals surface area contributed by atoms with Gasteiger partial charge in [-0.2, -0.15) is 0 Å². The Morgan fingerprint density at radius 2 is 1.94 bits per heavy atom. The van der Waals surface area contributed by atoms with E-state index in [0.29, 0.717) is 5.92 Å². The van der Waals surface area contributed by atoms with Gasteiger partial charge in [0, 0.05) is 23.3 Å². The minimum atomic E-state index is 0.171. The van der Waals surface area contributed by atoms with Crippen molar-refractivity contribution < 1.29 is 0 Å². The van der Waals surface area contributed by atoms with Crippen LogP contribution in [0.1, 0.15) is 59.7 Å². The molecule has 0 aromatic carbocycles. The molecular weight excluding hydrogens is 242 g/mol. The molecule has 0 atom stereocenters. The highest BCUT2D eigenvalue weighted by Crippen LogP contribution is 2.32. The molecule has 0 unspecified atom stereocenters. The Balaban J connectivity index is 2.98. The van der Waals surface area contributed by atoms with Crippen LogP contribution in [0.5, 0.6) is 0 Å². The van der Waals surface area contributed by atoms with Crippen molar-refractivity contribution >= 4 is 17.6 Å². The van der Waals surface area contributed by atoms with Gasteiger partial charge < -0.3 is 5.32 Å². The van der Waals surface area contributed by atoms with E-state index < -0.39 is 0 Å². The van der Waals surface area contributed by atoms with Crippen LogP contribution in [0.3, 0.4) is 0 Å². The van der Waals surface area contributed by atoms with E-state index in [1.807, 2.05) is 0 Å². The van der Waals surface area contributed by atoms with Crippen molar-refractivity contribution in [2.24, 2.45) is 0 Å². The summed E-state index contributed by atoms with van der Waals surface area (Å²) in [4.78, 5) is 9.20. The molecule has 0 spiro atoms. The van der Waals surface area contributed by atoms with Crippen LogP contribution < -0.4 is 5.32 Å². The highest BCUT2D eigenvalue weighted by atomic mass is 32.2. The van der Waals surface area contributed by atoms with Crippen molar-refractivity contribution in [3.05, 3.63) is 11.9 Å². The van der Waals surface area contributed by atoms with Gasteiger partial charge in [-0.3, -0.25) is 0 Å². The molecule has 1 aromatic heterocycles. The number of hydrogen-bond acceptors (Lipinski definition) is 4. The number of thioether (sulfide) groups is 1. The van der Waals surface area contributed by atoms with Gasteiger partial charge in [-0.25, -0.2) is 9.97 Å². The molecule has 1 heterocycles. The summed E-state index contributed by atoms with van der Waals surface area (Å²) in [6, 6.07) is 2.05. The number of rotatable bonds is 5. The lowest BCUT2D eigenvalue weighted by Gasteiger charge is -2.18. The molecular formula is C14H25N3S. The average molecular weight is 267 g/mol. The highest BCUT2D eigenvalue weighted by molar-refractivity contribution is 8.00. The summed E-state index contributed by atoms with van der Waals surface area (Å²) in [5, 5.41) is 4.41. The van der Waals surface area contributed by atoms with E-state index in [1.165, 1.54) is 0 Å². The lowest BCUT2D eigenvalue weighted by molar-refractivity contribution is 0.746. The van der Waals surface area contributed by atoms with Crippen molar-refractivity contribution in [2.75, 3.05) is 11.9 Å². The van der Waals surface area contributed by atoms with Crippen LogP contribution in [0, 0.1) is 0 Å². The number of nitrogens with zero attached hydrogens (tertiary/aromatic N) is 2. The van der Waals surface area contributed by atoms with Crippen LogP contribution in [0.15, 0.2) is 11.1 Å². The van der Waals surface area contributed by atoms with E-state index in [9.17, 15) is 0 Å². The van der Waals surface area contributed by atoms with Gasteiger partial charge in [0.1, 0.15) is 16.7 Å². The molecule has 1 rings (SSSR count). The predicted molar refractivity (Wildman–Crippen MR) is 80.5 cm³/mol. The van der Waals surface area contributed by atoms with Crippen molar-refractivity contribution in [1.82, 2.24) is 9.97 Å². The molecule has 0 radical (unpaired) electrons. The average Bonchev–Trinajstić information content (AvgIpc) is 2.23. The molecule has 0 fully saturated rings. The van der Waals surface area contributed by atoms with Crippen molar-refractivity contribution in [1.29, 1.82) is 0 Å². The first-order valence-electron chi connectivity index (χ1n) is 6.63. The molecule has 0 bridgehead atoms. The molecule has 4 heteroatoms. The summed E-state index contributed by atoms with van der Waals surface area (Å²) in [6.07, 6.45) is 1.10. The Labute approximate surface area is 115 Å². The number of anilines is 1. The van der Waals surface area contributed by atoms with Crippen LogP contribution >= 0.6 is 11.8 Å². The van der Waals surface area contributed by atoms with E-state index >= 15 is 0 Å². The number of aromatic nitrogens is 2. The third kappa shape index (κ3) is 5.25. The molecule has 0 amide bonds. The van der Waals surface area contributed by atoms with E-state index in [1.54, 1.807) is 11.8 Å². The zero-order valence-corrected chi connectivity index (χ0v) is 13.2. The summed E-state index contributed by atoms with van der Waals surface area (Å²) in [5.74, 6) is 2.22. The van der Waals surface area contributed by atoms with Gasteiger partial charge in [-0.15, -0.1) is 11.8 Å². The van der Waals surface area contributed by atoms with Crippen molar-refractivity contribution in [2.45, 2.75) is 63.7 Å². The Morgan fingerprint density at radius 3 is 2.44 bits per heavy atom. The monoisotopic (exact) mass is 267 g/mol. The third-order valence-corrected chi connectivity index (χ3v) is 3.23. The maximum Gasteiger partial charge on any atom is 0.134 e. The summed E-state index contributed by atoms with van der Waals surface area (Å²) >= 11 is 1.79. The first-order valence-corrected chi connectivity index (χ1v) is 7.45. The normalized spacial score (nSPS) is 11.9. The lowest BCUT2D eigenvalue weighted by Crippen LogP contribution is -2.11. The maximum atomic E-state index is 4.64. The second-order valence-electron chi connectivity index (χ2n) is 5.75. The smallest absolute Gasteiger partial charge is 0.134 e. The summed E-state index contributed by atoms with van der Waals surface area (Å²) in [5.41, 5.74) is 0. The molecule has 1 aromatic rings. The first-order chi connectivity index (χ1) is 8.31. The predicted octanol–water partition coefficient (Wildman–Crippen LogP) is 4.31. The molecule has 0 aliphatic heterocycles. The standard InChI is InChI=1S/C14H25N3S/c1-7-8-15-11-9-12(18-14(4,5)6)17-13(16-11)10(2)3/h9-10H,7-8H2,1-6H3,(H,15,16,17). The summed E-state index contributed by atoms with van der Waals surface area (Å²) in [7, 11) is 0. The molecule has 0 saturated heterocycles. The van der Waals surface area contributed by atoms with Crippen molar-refractivity contribution in [3.63, 3.8) is 0 Å². The van der Waals surface area contributed by atoms with Gasteiger partial charge >= 0.3 is 0 Å². The van der Waals surface area contributed by atoms with E-state index in [0.717, 1.165) is 29.6 Å². The Bertz CT molecular complexity index is 383. The van der Waals surface area contributed by atoms with Gasteiger partial charge in [0.15, 0.2) is 0 Å². The van der Waals surface area contributed by atoms with Crippen LogP contribution in [0.2, 0.25) is 0 Å². The van der Waals surface area contributed by atoms with Gasteiger partial charge in [-0.05, 0) is 6.42 Å². The van der Waals surface area contributed by atoms with Crippen LogP contribution in [-0.2, 0) is 0 Å². The van der Waals surface area contributed by atoms with Gasteiger partial charge in [0.25, 0.3) is 0 Å². The largest absolute Gasteiger partial charge is 0.370 e. The zero-order valence-electron chi connectivity index (χ0n) is 12.4. The Hall–Kier alpha value is -0.770. The lowest BCUT2D eigenvalue weighted by atomic mass is 10.2. The van der Waals surface area contributed by atoms with Crippen LogP contribution in [0.4, 0.5) is 5.82 Å². The fraction of sp³-hybridized carbons (Fsp3) is 0.714. The fourth-order valence-corrected chi connectivity index (χ4v) is 2.35. The second-order valence-corrected chi connectivity index (χ2v) is 7.59. The van der Waals surface area contributed by atoms with Gasteiger partial charge in [-0.1, -0.05) is 41.5 Å². The fourth-order valence-electron chi connectivity index (χ4n) is 1.41. The molecule has 1 N–H and O–H groups in total. The molecule has 0 aliphatic rings. The van der Waals surface area contributed by atoms with E-state index in [4.69, 9.17) is 0 Å². The highest BCUT2D eigenvalue weighted by Gasteiger charge is 2.15. The maximum absolute atomic E-state index is 4.64. The SMILES string of the molecule is CCCNc1cc(SC(C)(C)C)nc(C(C)C)n1. The van der Waals surface area contributed by atoms with Gasteiger partial charge in [0.05, 0.1) is 0 Å². The minimum Gasteiger partial charge on any atom is -0.370 e. The Kier molecular flexibility index (Phi) is 5.45. The first kappa shape index (κ1) is 15.3. The molecule has 0 aliphatic carbocycles. The van der Waals surface area contributed by atoms with Crippen LogP contribution in [0.25, 0.3) is 0 Å². The van der Waals surface area contributed by atoms with Crippen molar-refractivity contribution in [3.8, 4) is 0 Å². The third-order valence-electron chi connectivity index (χ3n) is 2.20. The summed E-state index contributed by atoms with van der Waals surface area (Å²) < 4.78 is 0.171. The van der Waals surface area contributed by atoms with E-state index in [-0.39, 0.29) is 4.75 Å². The van der Waals surface area contributed by atoms with Gasteiger partial charge in [0.2, 0.25) is 0 Å². The summed E-state index contributed by atoms with van der Waals surface area (Å²) in [6.45, 7) is 14.0. The molecule has 3 nitrogen and oxygen atoms in total. The minimum absolute atomic E-state index is 0.171. The second kappa shape index (κ2) is 6.41. The van der Waals surface area contributed by atoms with E-state index in [2.05, 4.69) is 62.9 Å². The van der Waals surface area contributed by atoms with Crippen LogP contribution in [-0.4, -0.2) is 21.3 Å². The zero-order chi connectivity index (χ0) is 13.8. The number of nitrogens with one attached hydrogen (secondary N) is 1. The topological polar surface area (TPSA) is 37.8 Å². The Morgan fingerprint density at radius 1 is 1.28 bits per heavy atom. The molecule has 102 valence electrons. The number of hydrogen-bond donors (Lipinski definition) is 1.